The first-order valence-corrected chi connectivity index (χ1v) is 10.4. The lowest BCUT2D eigenvalue weighted by Crippen LogP contribution is -2.16. The number of esters is 1. The largest absolute Gasteiger partial charge is 0.466 e. The summed E-state index contributed by atoms with van der Waals surface area (Å²) in [6.45, 7) is 8.82. The van der Waals surface area contributed by atoms with Crippen LogP contribution in [0.5, 0.6) is 0 Å². The molecule has 1 aromatic rings. The molecule has 0 heterocycles. The molecule has 0 fully saturated rings. The van der Waals surface area contributed by atoms with Crippen molar-refractivity contribution in [1.82, 2.24) is 0 Å². The molecule has 0 aromatic heterocycles. The van der Waals surface area contributed by atoms with Gasteiger partial charge in [-0.2, -0.15) is 0 Å². The molecule has 108 valence electrons. The van der Waals surface area contributed by atoms with E-state index >= 15 is 0 Å². The Morgan fingerprint density at radius 1 is 1.35 bits per heavy atom. The lowest BCUT2D eigenvalue weighted by molar-refractivity contribution is -0.143. The number of nitrogen functional groups attached to an aromatic ring is 1. The number of ether oxygens (including phenoxy) is 1. The summed E-state index contributed by atoms with van der Waals surface area (Å²) >= 11 is 0. The molecule has 0 bridgehead atoms. The molecule has 1 rings (SSSR count). The van der Waals surface area contributed by atoms with E-state index in [1.165, 1.54) is 0 Å². The van der Waals surface area contributed by atoms with E-state index in [-0.39, 0.29) is 5.97 Å². The van der Waals surface area contributed by atoms with Gasteiger partial charge in [0.2, 0.25) is 0 Å². The fourth-order valence-corrected chi connectivity index (χ4v) is 2.11. The molecule has 0 saturated carbocycles. The Kier molecular flexibility index (Phi) is 5.84. The van der Waals surface area contributed by atoms with Crippen LogP contribution in [0.1, 0.15) is 24.5 Å². The van der Waals surface area contributed by atoms with E-state index in [1.807, 2.05) is 25.1 Å². The third-order valence-corrected chi connectivity index (χ3v) is 3.49. The van der Waals surface area contributed by atoms with E-state index in [4.69, 9.17) is 10.5 Å². The molecule has 0 aliphatic heterocycles. The molecule has 0 atom stereocenters. The summed E-state index contributed by atoms with van der Waals surface area (Å²) in [7, 11) is -1.42. The summed E-state index contributed by atoms with van der Waals surface area (Å²) in [5.41, 5.74) is 11.9. The Bertz CT molecular complexity index is 536. The molecule has 0 amide bonds. The lowest BCUT2D eigenvalue weighted by Gasteiger charge is -2.06. The predicted molar refractivity (Wildman–Crippen MR) is 86.0 cm³/mol. The molecule has 4 heteroatoms. The van der Waals surface area contributed by atoms with Gasteiger partial charge in [-0.25, -0.2) is 0 Å². The van der Waals surface area contributed by atoms with Crippen molar-refractivity contribution in [3.05, 3.63) is 29.3 Å². The summed E-state index contributed by atoms with van der Waals surface area (Å²) in [5.74, 6) is 3.01. The van der Waals surface area contributed by atoms with Crippen LogP contribution >= 0.6 is 0 Å². The number of hydrogen-bond acceptors (Lipinski definition) is 3. The standard InChI is InChI=1S/C16H23NO2Si/c1-5-19-16(18)9-7-13-6-8-15(17)14(12-13)10-11-20(2,3)4/h6,8,12H,5,7,9,17H2,1-4H3. The fraction of sp³-hybridized carbons (Fsp3) is 0.438. The average molecular weight is 289 g/mol. The molecular formula is C16H23NO2Si. The van der Waals surface area contributed by atoms with Crippen molar-refractivity contribution in [3.8, 4) is 11.5 Å². The van der Waals surface area contributed by atoms with Gasteiger partial charge in [0.05, 0.1) is 6.61 Å². The second-order valence-corrected chi connectivity index (χ2v) is 10.5. The summed E-state index contributed by atoms with van der Waals surface area (Å²) in [4.78, 5) is 11.4. The molecule has 20 heavy (non-hydrogen) atoms. The highest BCUT2D eigenvalue weighted by molar-refractivity contribution is 6.83. The number of benzene rings is 1. The van der Waals surface area contributed by atoms with Gasteiger partial charge in [-0.05, 0) is 31.0 Å². The Morgan fingerprint density at radius 2 is 2.05 bits per heavy atom. The first kappa shape index (κ1) is 16.3. The van der Waals surface area contributed by atoms with Gasteiger partial charge >= 0.3 is 5.97 Å². The van der Waals surface area contributed by atoms with Gasteiger partial charge in [0.1, 0.15) is 8.07 Å². The van der Waals surface area contributed by atoms with Crippen LogP contribution in [-0.4, -0.2) is 20.7 Å². The van der Waals surface area contributed by atoms with Crippen LogP contribution in [0.25, 0.3) is 0 Å². The number of carbonyl (C=O) groups excluding carboxylic acids is 1. The second-order valence-electron chi connectivity index (χ2n) is 5.73. The van der Waals surface area contributed by atoms with Crippen LogP contribution in [0.2, 0.25) is 19.6 Å². The molecular weight excluding hydrogens is 266 g/mol. The summed E-state index contributed by atoms with van der Waals surface area (Å²) < 4.78 is 4.92. The average Bonchev–Trinajstić information content (AvgIpc) is 2.35. The third-order valence-electron chi connectivity index (χ3n) is 2.61. The SMILES string of the molecule is CCOC(=O)CCc1ccc(N)c(C#C[Si](C)(C)C)c1. The van der Waals surface area contributed by atoms with Crippen LogP contribution in [0, 0.1) is 11.5 Å². The van der Waals surface area contributed by atoms with E-state index in [0.29, 0.717) is 25.1 Å². The number of rotatable bonds is 4. The van der Waals surface area contributed by atoms with Crippen molar-refractivity contribution in [1.29, 1.82) is 0 Å². The molecule has 0 aliphatic carbocycles. The van der Waals surface area contributed by atoms with Gasteiger partial charge in [-0.1, -0.05) is 31.6 Å². The highest BCUT2D eigenvalue weighted by atomic mass is 28.3. The molecule has 1 aromatic carbocycles. The molecule has 0 unspecified atom stereocenters. The Hall–Kier alpha value is -1.73. The Balaban J connectivity index is 2.80. The highest BCUT2D eigenvalue weighted by Gasteiger charge is 2.08. The molecule has 0 radical (unpaired) electrons. The number of carbonyl (C=O) groups is 1. The van der Waals surface area contributed by atoms with Crippen molar-refractivity contribution in [2.45, 2.75) is 39.4 Å². The minimum Gasteiger partial charge on any atom is -0.466 e. The quantitative estimate of drug-likeness (QED) is 0.401. The summed E-state index contributed by atoms with van der Waals surface area (Å²) in [6, 6.07) is 5.77. The number of hydrogen-bond donors (Lipinski definition) is 1. The van der Waals surface area contributed by atoms with Crippen molar-refractivity contribution in [2.75, 3.05) is 12.3 Å². The van der Waals surface area contributed by atoms with E-state index in [0.717, 1.165) is 11.1 Å². The van der Waals surface area contributed by atoms with Crippen LogP contribution < -0.4 is 5.73 Å². The van der Waals surface area contributed by atoms with E-state index in [9.17, 15) is 4.79 Å². The molecule has 0 spiro atoms. The van der Waals surface area contributed by atoms with Gasteiger partial charge in [0.25, 0.3) is 0 Å². The van der Waals surface area contributed by atoms with Crippen LogP contribution in [-0.2, 0) is 16.0 Å². The van der Waals surface area contributed by atoms with Gasteiger partial charge < -0.3 is 10.5 Å². The monoisotopic (exact) mass is 289 g/mol. The minimum absolute atomic E-state index is 0.168. The first-order chi connectivity index (χ1) is 9.31. The second kappa shape index (κ2) is 7.16. The smallest absolute Gasteiger partial charge is 0.306 e. The van der Waals surface area contributed by atoms with Crippen LogP contribution in [0.4, 0.5) is 5.69 Å². The number of nitrogens with two attached hydrogens (primary N) is 1. The van der Waals surface area contributed by atoms with Gasteiger partial charge in [0.15, 0.2) is 0 Å². The first-order valence-electron chi connectivity index (χ1n) is 6.89. The number of anilines is 1. The van der Waals surface area contributed by atoms with E-state index < -0.39 is 8.07 Å². The van der Waals surface area contributed by atoms with Crippen molar-refractivity contribution in [3.63, 3.8) is 0 Å². The zero-order valence-electron chi connectivity index (χ0n) is 12.7. The summed E-state index contributed by atoms with van der Waals surface area (Å²) in [5, 5.41) is 0. The maximum absolute atomic E-state index is 11.4. The maximum atomic E-state index is 11.4. The molecule has 2 N–H and O–H groups in total. The lowest BCUT2D eigenvalue weighted by atomic mass is 10.1. The topological polar surface area (TPSA) is 52.3 Å². The zero-order valence-corrected chi connectivity index (χ0v) is 13.7. The Labute approximate surface area is 122 Å². The van der Waals surface area contributed by atoms with Gasteiger partial charge in [-0.15, -0.1) is 5.54 Å². The zero-order chi connectivity index (χ0) is 15.2. The van der Waals surface area contributed by atoms with Crippen LogP contribution in [0.3, 0.4) is 0 Å². The van der Waals surface area contributed by atoms with Gasteiger partial charge in [-0.3, -0.25) is 4.79 Å². The van der Waals surface area contributed by atoms with E-state index in [1.54, 1.807) is 0 Å². The third kappa shape index (κ3) is 5.94. The fourth-order valence-electron chi connectivity index (χ4n) is 1.60. The number of aryl methyl sites for hydroxylation is 1. The highest BCUT2D eigenvalue weighted by Crippen LogP contribution is 2.15. The normalized spacial score (nSPS) is 10.6. The summed E-state index contributed by atoms with van der Waals surface area (Å²) in [6.07, 6.45) is 1.04. The van der Waals surface area contributed by atoms with E-state index in [2.05, 4.69) is 31.1 Å². The van der Waals surface area contributed by atoms with Crippen molar-refractivity contribution in [2.24, 2.45) is 0 Å². The molecule has 0 saturated heterocycles. The van der Waals surface area contributed by atoms with Crippen molar-refractivity contribution >= 4 is 19.7 Å². The maximum Gasteiger partial charge on any atom is 0.306 e. The van der Waals surface area contributed by atoms with Crippen molar-refractivity contribution < 1.29 is 9.53 Å². The van der Waals surface area contributed by atoms with Gasteiger partial charge in [0, 0.05) is 17.7 Å². The minimum atomic E-state index is -1.42. The molecule has 3 nitrogen and oxygen atoms in total. The predicted octanol–water partition coefficient (Wildman–Crippen LogP) is 2.99. The Morgan fingerprint density at radius 3 is 2.65 bits per heavy atom. The van der Waals surface area contributed by atoms with Crippen LogP contribution in [0.15, 0.2) is 18.2 Å². The molecule has 0 aliphatic rings.